The molecule has 3 heteroatoms. The molecular weight excluding hydrogens is 166 g/mol. The summed E-state index contributed by atoms with van der Waals surface area (Å²) in [4.78, 5) is 1.12. The number of hydrogen-bond donors (Lipinski definition) is 0. The number of hydrogen-bond acceptors (Lipinski definition) is 2. The van der Waals surface area contributed by atoms with Crippen LogP contribution >= 0.6 is 23.1 Å². The fourth-order valence-corrected chi connectivity index (χ4v) is 1.87. The second-order valence-electron chi connectivity index (χ2n) is 2.59. The molecule has 0 atom stereocenters. The van der Waals surface area contributed by atoms with Crippen LogP contribution in [0.25, 0.3) is 0 Å². The van der Waals surface area contributed by atoms with Crippen LogP contribution < -0.4 is 0 Å². The van der Waals surface area contributed by atoms with Crippen LogP contribution in [0.4, 0.5) is 0 Å². The summed E-state index contributed by atoms with van der Waals surface area (Å²) >= 11 is 7.43. The molecule has 1 aromatic rings. The number of aromatic nitrogens is 1. The number of halogens is 1. The minimum atomic E-state index is 0.442. The van der Waals surface area contributed by atoms with Gasteiger partial charge in [0.15, 0.2) is 0 Å². The SMILES string of the molecule is Cc1snc(C(C)C)c1Cl. The number of aryl methyl sites for hydroxylation is 1. The van der Waals surface area contributed by atoms with E-state index in [2.05, 4.69) is 18.2 Å². The zero-order valence-corrected chi connectivity index (χ0v) is 7.88. The average molecular weight is 176 g/mol. The van der Waals surface area contributed by atoms with Crippen LogP contribution in [0.15, 0.2) is 0 Å². The van der Waals surface area contributed by atoms with Crippen LogP contribution in [0, 0.1) is 6.92 Å². The van der Waals surface area contributed by atoms with E-state index < -0.39 is 0 Å². The second-order valence-corrected chi connectivity index (χ2v) is 3.95. The van der Waals surface area contributed by atoms with E-state index in [9.17, 15) is 0 Å². The standard InChI is InChI=1S/C7H10ClNS/c1-4(2)7-6(8)5(3)10-9-7/h4H,1-3H3. The van der Waals surface area contributed by atoms with Crippen LogP contribution in [0.3, 0.4) is 0 Å². The van der Waals surface area contributed by atoms with E-state index in [1.54, 1.807) is 0 Å². The lowest BCUT2D eigenvalue weighted by atomic mass is 10.1. The quantitative estimate of drug-likeness (QED) is 0.639. The highest BCUT2D eigenvalue weighted by Gasteiger charge is 2.10. The maximum Gasteiger partial charge on any atom is 0.0777 e. The van der Waals surface area contributed by atoms with Crippen molar-refractivity contribution in [1.29, 1.82) is 0 Å². The Hall–Kier alpha value is -0.0800. The van der Waals surface area contributed by atoms with Gasteiger partial charge >= 0.3 is 0 Å². The van der Waals surface area contributed by atoms with Crippen molar-refractivity contribution in [2.75, 3.05) is 0 Å². The molecule has 0 amide bonds. The van der Waals surface area contributed by atoms with Crippen molar-refractivity contribution in [2.45, 2.75) is 26.7 Å². The lowest BCUT2D eigenvalue weighted by molar-refractivity contribution is 0.840. The molecule has 1 nitrogen and oxygen atoms in total. The summed E-state index contributed by atoms with van der Waals surface area (Å²) in [5.74, 6) is 0.442. The topological polar surface area (TPSA) is 12.9 Å². The molecule has 0 aliphatic rings. The Morgan fingerprint density at radius 2 is 2.10 bits per heavy atom. The van der Waals surface area contributed by atoms with E-state index >= 15 is 0 Å². The highest BCUT2D eigenvalue weighted by Crippen LogP contribution is 2.28. The molecule has 0 aliphatic heterocycles. The van der Waals surface area contributed by atoms with E-state index in [4.69, 9.17) is 11.6 Å². The largest absolute Gasteiger partial charge is 0.196 e. The molecule has 0 bridgehead atoms. The number of rotatable bonds is 1. The van der Waals surface area contributed by atoms with Crippen LogP contribution in [-0.4, -0.2) is 4.37 Å². The summed E-state index contributed by atoms with van der Waals surface area (Å²) in [6.45, 7) is 6.19. The van der Waals surface area contributed by atoms with Gasteiger partial charge in [0.05, 0.1) is 10.7 Å². The van der Waals surface area contributed by atoms with Gasteiger partial charge < -0.3 is 0 Å². The van der Waals surface area contributed by atoms with Crippen molar-refractivity contribution in [1.82, 2.24) is 4.37 Å². The third-order valence-corrected chi connectivity index (χ3v) is 2.72. The maximum absolute atomic E-state index is 5.95. The van der Waals surface area contributed by atoms with Gasteiger partial charge in [-0.25, -0.2) is 0 Å². The summed E-state index contributed by atoms with van der Waals surface area (Å²) < 4.78 is 4.22. The maximum atomic E-state index is 5.95. The average Bonchev–Trinajstić information content (AvgIpc) is 2.14. The van der Waals surface area contributed by atoms with Crippen molar-refractivity contribution in [3.05, 3.63) is 15.6 Å². The van der Waals surface area contributed by atoms with E-state index in [1.807, 2.05) is 6.92 Å². The van der Waals surface area contributed by atoms with E-state index in [-0.39, 0.29) is 0 Å². The second kappa shape index (κ2) is 2.89. The van der Waals surface area contributed by atoms with Crippen LogP contribution in [0.2, 0.25) is 5.02 Å². The van der Waals surface area contributed by atoms with Crippen LogP contribution in [-0.2, 0) is 0 Å². The first kappa shape index (κ1) is 8.02. The zero-order chi connectivity index (χ0) is 7.72. The Bertz CT molecular complexity index is 230. The summed E-state index contributed by atoms with van der Waals surface area (Å²) in [5, 5.41) is 0.847. The monoisotopic (exact) mass is 175 g/mol. The summed E-state index contributed by atoms with van der Waals surface area (Å²) in [6.07, 6.45) is 0. The van der Waals surface area contributed by atoms with Crippen molar-refractivity contribution < 1.29 is 0 Å². The Morgan fingerprint density at radius 1 is 1.50 bits per heavy atom. The van der Waals surface area contributed by atoms with Gasteiger partial charge in [-0.1, -0.05) is 25.4 Å². The Balaban J connectivity index is 3.05. The molecular formula is C7H10ClNS. The minimum absolute atomic E-state index is 0.442. The first-order chi connectivity index (χ1) is 4.63. The fraction of sp³-hybridized carbons (Fsp3) is 0.571. The Labute approximate surface area is 70.2 Å². The molecule has 0 spiro atoms. The van der Waals surface area contributed by atoms with Gasteiger partial charge in [0.1, 0.15) is 0 Å². The fourth-order valence-electron chi connectivity index (χ4n) is 0.737. The molecule has 0 saturated heterocycles. The van der Waals surface area contributed by atoms with Crippen molar-refractivity contribution in [3.63, 3.8) is 0 Å². The van der Waals surface area contributed by atoms with Crippen molar-refractivity contribution in [3.8, 4) is 0 Å². The third kappa shape index (κ3) is 1.32. The van der Waals surface area contributed by atoms with Gasteiger partial charge in [-0.15, -0.1) is 0 Å². The highest BCUT2D eigenvalue weighted by atomic mass is 35.5. The van der Waals surface area contributed by atoms with Crippen molar-refractivity contribution in [2.24, 2.45) is 0 Å². The molecule has 0 N–H and O–H groups in total. The van der Waals surface area contributed by atoms with Crippen molar-refractivity contribution >= 4 is 23.1 Å². The van der Waals surface area contributed by atoms with E-state index in [0.29, 0.717) is 5.92 Å². The lowest BCUT2D eigenvalue weighted by Crippen LogP contribution is -1.86. The molecule has 0 fully saturated rings. The molecule has 1 aromatic heterocycles. The predicted octanol–water partition coefficient (Wildman–Crippen LogP) is 3.23. The molecule has 1 heterocycles. The molecule has 10 heavy (non-hydrogen) atoms. The molecule has 0 aliphatic carbocycles. The smallest absolute Gasteiger partial charge is 0.0777 e. The Morgan fingerprint density at radius 3 is 2.30 bits per heavy atom. The lowest BCUT2D eigenvalue weighted by Gasteiger charge is -1.98. The summed E-state index contributed by atoms with van der Waals surface area (Å²) in [7, 11) is 0. The molecule has 0 aromatic carbocycles. The molecule has 1 rings (SSSR count). The molecule has 56 valence electrons. The van der Waals surface area contributed by atoms with Crippen LogP contribution in [0.1, 0.15) is 30.3 Å². The van der Waals surface area contributed by atoms with E-state index in [1.165, 1.54) is 11.5 Å². The van der Waals surface area contributed by atoms with Crippen LogP contribution in [0.5, 0.6) is 0 Å². The van der Waals surface area contributed by atoms with Gasteiger partial charge in [0.25, 0.3) is 0 Å². The summed E-state index contributed by atoms with van der Waals surface area (Å²) in [6, 6.07) is 0. The van der Waals surface area contributed by atoms with Gasteiger partial charge in [-0.2, -0.15) is 4.37 Å². The predicted molar refractivity (Wildman–Crippen MR) is 46.0 cm³/mol. The van der Waals surface area contributed by atoms with E-state index in [0.717, 1.165) is 15.6 Å². The number of nitrogens with zero attached hydrogens (tertiary/aromatic N) is 1. The molecule has 0 unspecified atom stereocenters. The summed E-state index contributed by atoms with van der Waals surface area (Å²) in [5.41, 5.74) is 1.03. The third-order valence-electron chi connectivity index (χ3n) is 1.36. The first-order valence-corrected chi connectivity index (χ1v) is 4.39. The minimum Gasteiger partial charge on any atom is -0.196 e. The highest BCUT2D eigenvalue weighted by molar-refractivity contribution is 7.06. The zero-order valence-electron chi connectivity index (χ0n) is 6.31. The first-order valence-electron chi connectivity index (χ1n) is 3.24. The Kier molecular flexibility index (Phi) is 2.32. The normalized spacial score (nSPS) is 10.9. The van der Waals surface area contributed by atoms with Gasteiger partial charge in [0, 0.05) is 4.88 Å². The van der Waals surface area contributed by atoms with Gasteiger partial charge in [0.2, 0.25) is 0 Å². The van der Waals surface area contributed by atoms with Gasteiger partial charge in [-0.05, 0) is 24.4 Å². The van der Waals surface area contributed by atoms with Gasteiger partial charge in [-0.3, -0.25) is 0 Å². The molecule has 0 radical (unpaired) electrons. The molecule has 0 saturated carbocycles.